The molecule has 1 aliphatic heterocycles. The van der Waals surface area contributed by atoms with Crippen LogP contribution in [-0.4, -0.2) is 7.05 Å². The Morgan fingerprint density at radius 1 is 0.511 bits per heavy atom. The summed E-state index contributed by atoms with van der Waals surface area (Å²) in [5.41, 5.74) is 13.9. The number of hydrogen-bond acceptors (Lipinski definition) is 2. The van der Waals surface area contributed by atoms with Crippen molar-refractivity contribution in [2.24, 2.45) is 0 Å². The minimum absolute atomic E-state index is 0.0563. The zero-order valence-corrected chi connectivity index (χ0v) is 26.0. The van der Waals surface area contributed by atoms with Crippen molar-refractivity contribution < 1.29 is 4.74 Å². The van der Waals surface area contributed by atoms with Crippen LogP contribution in [0.3, 0.4) is 0 Å². The quantitative estimate of drug-likeness (QED) is 0.189. The Bertz CT molecular complexity index is 2360. The molecule has 2 aliphatic rings. The number of ether oxygens (including phenoxy) is 1. The maximum atomic E-state index is 6.34. The smallest absolute Gasteiger partial charge is 0.151 e. The Morgan fingerprint density at radius 2 is 1.13 bits per heavy atom. The largest absolute Gasteiger partial charge is 0.453 e. The SMILES string of the molecule is Cc1ccc2c(-c3ccc4c(c3)N(C)c3ccccc3O4)c3ccccc3c(-c3ccc4c(c3)C(C)(C)c3ccccc3-4)c2c1. The molecule has 1 aliphatic carbocycles. The molecule has 9 rings (SSSR count). The van der Waals surface area contributed by atoms with Crippen LogP contribution in [0.25, 0.3) is 54.9 Å². The van der Waals surface area contributed by atoms with Gasteiger partial charge in [0.15, 0.2) is 11.5 Å². The Hall–Kier alpha value is -5.34. The minimum Gasteiger partial charge on any atom is -0.453 e. The van der Waals surface area contributed by atoms with Crippen molar-refractivity contribution in [3.05, 3.63) is 144 Å². The standard InChI is InChI=1S/C43H33NO/c1-26-17-20-33-34(23-26)42(27-18-21-30-29-11-7-8-14-35(29)43(2,3)36(30)24-27)32-13-6-5-12-31(32)41(33)28-19-22-40-38(25-28)44(4)37-15-9-10-16-39(37)45-40/h5-25H,1-4H3. The number of fused-ring (bicyclic) bond motifs is 7. The summed E-state index contributed by atoms with van der Waals surface area (Å²) in [6.45, 7) is 6.92. The van der Waals surface area contributed by atoms with Crippen LogP contribution in [0, 0.1) is 6.92 Å². The van der Waals surface area contributed by atoms with Crippen molar-refractivity contribution in [1.82, 2.24) is 0 Å². The molecule has 1 heterocycles. The lowest BCUT2D eigenvalue weighted by Crippen LogP contribution is -2.15. The molecule has 0 saturated carbocycles. The van der Waals surface area contributed by atoms with Gasteiger partial charge in [0.25, 0.3) is 0 Å². The maximum Gasteiger partial charge on any atom is 0.151 e. The number of aryl methyl sites for hydroxylation is 1. The highest BCUT2D eigenvalue weighted by Gasteiger charge is 2.35. The number of hydrogen-bond donors (Lipinski definition) is 0. The van der Waals surface area contributed by atoms with Crippen LogP contribution in [-0.2, 0) is 5.41 Å². The molecular weight excluding hydrogens is 546 g/mol. The summed E-state index contributed by atoms with van der Waals surface area (Å²) in [5.74, 6) is 1.76. The van der Waals surface area contributed by atoms with Gasteiger partial charge < -0.3 is 9.64 Å². The van der Waals surface area contributed by atoms with Crippen LogP contribution < -0.4 is 9.64 Å². The van der Waals surface area contributed by atoms with Gasteiger partial charge in [0.05, 0.1) is 11.4 Å². The molecule has 2 heteroatoms. The third-order valence-electron chi connectivity index (χ3n) is 10.1. The first-order valence-corrected chi connectivity index (χ1v) is 15.7. The number of nitrogens with zero attached hydrogens (tertiary/aromatic N) is 1. The summed E-state index contributed by atoms with van der Waals surface area (Å²) in [4.78, 5) is 2.24. The Labute approximate surface area is 264 Å². The monoisotopic (exact) mass is 579 g/mol. The average molecular weight is 580 g/mol. The van der Waals surface area contributed by atoms with Gasteiger partial charge in [-0.05, 0) is 103 Å². The van der Waals surface area contributed by atoms with Crippen molar-refractivity contribution in [2.45, 2.75) is 26.2 Å². The Morgan fingerprint density at radius 3 is 1.98 bits per heavy atom. The minimum atomic E-state index is -0.0563. The molecule has 216 valence electrons. The van der Waals surface area contributed by atoms with Gasteiger partial charge in [0.2, 0.25) is 0 Å². The molecule has 0 saturated heterocycles. The summed E-state index contributed by atoms with van der Waals surface area (Å²) in [6, 6.07) is 46.8. The van der Waals surface area contributed by atoms with Crippen LogP contribution in [0.2, 0.25) is 0 Å². The van der Waals surface area contributed by atoms with E-state index in [1.807, 2.05) is 12.1 Å². The van der Waals surface area contributed by atoms with Crippen LogP contribution in [0.5, 0.6) is 11.5 Å². The average Bonchev–Trinajstić information content (AvgIpc) is 3.29. The van der Waals surface area contributed by atoms with Gasteiger partial charge in [-0.2, -0.15) is 0 Å². The predicted molar refractivity (Wildman–Crippen MR) is 189 cm³/mol. The van der Waals surface area contributed by atoms with E-state index < -0.39 is 0 Å². The second kappa shape index (κ2) is 9.33. The molecule has 0 fully saturated rings. The van der Waals surface area contributed by atoms with Gasteiger partial charge in [-0.1, -0.05) is 116 Å². The van der Waals surface area contributed by atoms with E-state index in [9.17, 15) is 0 Å². The molecule has 0 amide bonds. The molecule has 0 spiro atoms. The summed E-state index contributed by atoms with van der Waals surface area (Å²) in [5, 5.41) is 5.07. The molecule has 7 aromatic carbocycles. The van der Waals surface area contributed by atoms with Gasteiger partial charge >= 0.3 is 0 Å². The molecular formula is C43H33NO. The van der Waals surface area contributed by atoms with E-state index in [2.05, 4.69) is 148 Å². The van der Waals surface area contributed by atoms with Crippen LogP contribution in [0.4, 0.5) is 11.4 Å². The second-order valence-electron chi connectivity index (χ2n) is 13.1. The fraction of sp³-hybridized carbons (Fsp3) is 0.116. The van der Waals surface area contributed by atoms with Crippen LogP contribution >= 0.6 is 0 Å². The van der Waals surface area contributed by atoms with Gasteiger partial charge in [-0.15, -0.1) is 0 Å². The molecule has 0 bridgehead atoms. The molecule has 7 aromatic rings. The van der Waals surface area contributed by atoms with E-state index in [1.165, 1.54) is 71.6 Å². The Balaban J connectivity index is 1.30. The fourth-order valence-electron chi connectivity index (χ4n) is 7.86. The highest BCUT2D eigenvalue weighted by molar-refractivity contribution is 6.21. The highest BCUT2D eigenvalue weighted by Crippen LogP contribution is 2.52. The third kappa shape index (κ3) is 3.69. The zero-order valence-electron chi connectivity index (χ0n) is 26.0. The molecule has 0 N–H and O–H groups in total. The van der Waals surface area contributed by atoms with Crippen molar-refractivity contribution in [3.63, 3.8) is 0 Å². The van der Waals surface area contributed by atoms with Gasteiger partial charge in [-0.25, -0.2) is 0 Å². The third-order valence-corrected chi connectivity index (χ3v) is 10.1. The van der Waals surface area contributed by atoms with Gasteiger partial charge in [0, 0.05) is 12.5 Å². The van der Waals surface area contributed by atoms with Crippen molar-refractivity contribution in [3.8, 4) is 44.9 Å². The molecule has 2 nitrogen and oxygen atoms in total. The molecule has 0 radical (unpaired) electrons. The lowest BCUT2D eigenvalue weighted by molar-refractivity contribution is 0.475. The molecule has 0 atom stereocenters. The zero-order chi connectivity index (χ0) is 30.4. The van der Waals surface area contributed by atoms with Crippen LogP contribution in [0.15, 0.2) is 127 Å². The summed E-state index contributed by atoms with van der Waals surface area (Å²) in [6.07, 6.45) is 0. The maximum absolute atomic E-state index is 6.34. The second-order valence-corrected chi connectivity index (χ2v) is 13.1. The first-order valence-electron chi connectivity index (χ1n) is 15.7. The van der Waals surface area contributed by atoms with E-state index >= 15 is 0 Å². The van der Waals surface area contributed by atoms with Crippen molar-refractivity contribution in [1.29, 1.82) is 0 Å². The number of para-hydroxylation sites is 2. The van der Waals surface area contributed by atoms with E-state index in [-0.39, 0.29) is 5.41 Å². The molecule has 0 unspecified atom stereocenters. The van der Waals surface area contributed by atoms with Crippen molar-refractivity contribution in [2.75, 3.05) is 11.9 Å². The van der Waals surface area contributed by atoms with E-state index in [0.29, 0.717) is 0 Å². The fourth-order valence-corrected chi connectivity index (χ4v) is 7.86. The lowest BCUT2D eigenvalue weighted by atomic mass is 9.80. The first kappa shape index (κ1) is 26.1. The van der Waals surface area contributed by atoms with E-state index in [4.69, 9.17) is 4.74 Å². The molecule has 45 heavy (non-hydrogen) atoms. The summed E-state index contributed by atoms with van der Waals surface area (Å²) < 4.78 is 6.34. The predicted octanol–water partition coefficient (Wildman–Crippen LogP) is 11.8. The van der Waals surface area contributed by atoms with Gasteiger partial charge in [0.1, 0.15) is 0 Å². The number of anilines is 2. The summed E-state index contributed by atoms with van der Waals surface area (Å²) in [7, 11) is 2.13. The van der Waals surface area contributed by atoms with E-state index in [0.717, 1.165) is 22.9 Å². The van der Waals surface area contributed by atoms with Crippen molar-refractivity contribution >= 4 is 32.9 Å². The number of benzene rings is 7. The van der Waals surface area contributed by atoms with Gasteiger partial charge in [-0.3, -0.25) is 0 Å². The summed E-state index contributed by atoms with van der Waals surface area (Å²) >= 11 is 0. The lowest BCUT2D eigenvalue weighted by Gasteiger charge is -2.30. The van der Waals surface area contributed by atoms with E-state index in [1.54, 1.807) is 0 Å². The topological polar surface area (TPSA) is 12.5 Å². The normalized spacial score (nSPS) is 14.1. The first-order chi connectivity index (χ1) is 21.9. The highest BCUT2D eigenvalue weighted by atomic mass is 16.5. The number of rotatable bonds is 2. The Kier molecular flexibility index (Phi) is 5.41. The molecule has 0 aromatic heterocycles. The van der Waals surface area contributed by atoms with Crippen LogP contribution in [0.1, 0.15) is 30.5 Å².